The summed E-state index contributed by atoms with van der Waals surface area (Å²) in [7, 11) is -3.39. The van der Waals surface area contributed by atoms with Crippen LogP contribution in [0.15, 0.2) is 60.8 Å². The van der Waals surface area contributed by atoms with Crippen molar-refractivity contribution < 1.29 is 67.0 Å². The molecule has 25 heteroatoms. The molecule has 4 amide bonds. The summed E-state index contributed by atoms with van der Waals surface area (Å²) < 4.78 is 43.9. The summed E-state index contributed by atoms with van der Waals surface area (Å²) in [6.45, 7) is 4.39. The molecule has 14 N–H and O–H groups in total. The number of amides is 4. The Balaban J connectivity index is 1.64. The fourth-order valence-electron chi connectivity index (χ4n) is 7.08. The number of phenolic OH excluding ortho intramolecular Hbond substituents is 1. The van der Waals surface area contributed by atoms with E-state index in [1.54, 1.807) is 24.3 Å². The normalized spacial score (nSPS) is 17.5. The zero-order valence-corrected chi connectivity index (χ0v) is 39.7. The third-order valence-electron chi connectivity index (χ3n) is 10.7. The average molecular weight is 995 g/mol. The number of aromatic hydroxyl groups is 1. The first-order valence-corrected chi connectivity index (χ1v) is 23.4. The number of carbonyl (C=O) groups excluding carboxylic acids is 4. The van der Waals surface area contributed by atoms with E-state index in [4.69, 9.17) is 30.8 Å². The van der Waals surface area contributed by atoms with E-state index in [1.165, 1.54) is 50.4 Å². The standard InChI is InChI=1S/C45H58N10O14S/c1-22(2)69-30-9-7-26(8-10-30)40-49-18-33(23(3)51-40)42(60)54-35(19-50-70(48,65)66)44(62)55(5)38-27-14-32(39(58)37(15-27)68-21-29(57)17-47)31-12-25(6-11-36(31)67-20-28(56)16-46)13-34(45(63)64)53-41(59)24(4)52-43(38)61/h6-12,14-15,18,22,24,28-29,34-35,38,50,56-58H,13,16-17,19-21,46-47H2,1-5H3,(H,52,61)(H,53,59)(H,54,60)(H,63,64)(H2,48,65,66)/t24-,28+,29+,34-,35-,38-/m0/s1. The number of carboxylic acid groups (broad SMARTS) is 1. The molecule has 5 rings (SSSR count). The molecule has 1 aliphatic heterocycles. The third kappa shape index (κ3) is 14.1. The van der Waals surface area contributed by atoms with Crippen LogP contribution in [0, 0.1) is 6.92 Å². The number of aliphatic hydroxyl groups excluding tert-OH is 2. The van der Waals surface area contributed by atoms with Gasteiger partial charge in [-0.05, 0) is 87.4 Å². The van der Waals surface area contributed by atoms with Gasteiger partial charge in [-0.15, -0.1) is 0 Å². The van der Waals surface area contributed by atoms with Crippen LogP contribution in [-0.4, -0.2) is 150 Å². The zero-order valence-electron chi connectivity index (χ0n) is 38.9. The lowest BCUT2D eigenvalue weighted by Crippen LogP contribution is -2.57. The number of aliphatic carboxylic acids is 1. The van der Waals surface area contributed by atoms with Crippen molar-refractivity contribution in [2.75, 3.05) is 39.9 Å². The molecule has 4 aromatic rings. The number of likely N-dealkylation sites (N-methyl/N-ethyl adjacent to an activating group) is 1. The second-order valence-electron chi connectivity index (χ2n) is 16.6. The highest BCUT2D eigenvalue weighted by atomic mass is 32.2. The van der Waals surface area contributed by atoms with E-state index >= 15 is 0 Å². The van der Waals surface area contributed by atoms with Gasteiger partial charge >= 0.3 is 5.97 Å². The second kappa shape index (κ2) is 23.5. The largest absolute Gasteiger partial charge is 0.504 e. The molecule has 0 aliphatic carbocycles. The van der Waals surface area contributed by atoms with Gasteiger partial charge in [0.05, 0.1) is 17.4 Å². The van der Waals surface area contributed by atoms with Gasteiger partial charge in [0.25, 0.3) is 16.1 Å². The Hall–Kier alpha value is -7.00. The Kier molecular flexibility index (Phi) is 18.1. The number of aryl methyl sites for hydroxylation is 1. The van der Waals surface area contributed by atoms with Crippen LogP contribution < -0.4 is 51.5 Å². The number of rotatable bonds is 19. The van der Waals surface area contributed by atoms with Crippen LogP contribution in [0.25, 0.3) is 22.5 Å². The van der Waals surface area contributed by atoms with Gasteiger partial charge in [-0.1, -0.05) is 6.07 Å². The Labute approximate surface area is 403 Å². The van der Waals surface area contributed by atoms with Crippen molar-refractivity contribution in [3.63, 3.8) is 0 Å². The molecule has 2 heterocycles. The number of aromatic nitrogens is 2. The number of nitrogens with two attached hydrogens (primary N) is 3. The Morgan fingerprint density at radius 2 is 1.57 bits per heavy atom. The molecule has 0 spiro atoms. The molecule has 6 atom stereocenters. The van der Waals surface area contributed by atoms with Crippen LogP contribution in [0.1, 0.15) is 54.0 Å². The van der Waals surface area contributed by atoms with Gasteiger partial charge in [0.2, 0.25) is 17.7 Å². The van der Waals surface area contributed by atoms with E-state index in [-0.39, 0.29) is 77.5 Å². The van der Waals surface area contributed by atoms with Gasteiger partial charge in [0.1, 0.15) is 61.1 Å². The molecule has 4 bridgehead atoms. The van der Waals surface area contributed by atoms with Crippen molar-refractivity contribution >= 4 is 39.8 Å². The minimum Gasteiger partial charge on any atom is -0.504 e. The molecule has 24 nitrogen and oxygen atoms in total. The predicted octanol–water partition coefficient (Wildman–Crippen LogP) is -1.27. The van der Waals surface area contributed by atoms with Gasteiger partial charge in [0.15, 0.2) is 17.3 Å². The van der Waals surface area contributed by atoms with E-state index in [9.17, 15) is 52.8 Å². The predicted molar refractivity (Wildman–Crippen MR) is 251 cm³/mol. The summed E-state index contributed by atoms with van der Waals surface area (Å²) in [5.74, 6) is -5.56. The minimum atomic E-state index is -4.52. The summed E-state index contributed by atoms with van der Waals surface area (Å²) in [6, 6.07) is 7.03. The van der Waals surface area contributed by atoms with Crippen LogP contribution in [0.5, 0.6) is 23.0 Å². The number of nitrogens with zero attached hydrogens (tertiary/aromatic N) is 3. The SMILES string of the molecule is Cc1nc(-c2ccc(OC(C)C)cc2)ncc1C(=O)N[C@@H](CNS(N)(=O)=O)C(=O)N(C)[C@@H]1C(=O)N[C@@H](C)C(=O)N[C@H](C(=O)O)Cc2ccc(OC[C@H](O)CN)c(c2)-c2cc1cc(OC[C@H](O)CN)c2O. The highest BCUT2D eigenvalue weighted by Crippen LogP contribution is 2.45. The summed E-state index contributed by atoms with van der Waals surface area (Å²) in [4.78, 5) is 79.0. The molecule has 0 unspecified atom stereocenters. The fourth-order valence-corrected chi connectivity index (χ4v) is 7.48. The minimum absolute atomic E-state index is 0.0111. The first-order valence-electron chi connectivity index (χ1n) is 21.8. The van der Waals surface area contributed by atoms with E-state index in [2.05, 4.69) is 25.9 Å². The summed E-state index contributed by atoms with van der Waals surface area (Å²) in [5, 5.41) is 55.3. The number of hydrogen-bond donors (Lipinski definition) is 11. The first-order chi connectivity index (χ1) is 33.0. The molecule has 3 aromatic carbocycles. The van der Waals surface area contributed by atoms with Crippen LogP contribution in [0.2, 0.25) is 0 Å². The number of ether oxygens (including phenoxy) is 3. The average Bonchev–Trinajstić information content (AvgIpc) is 3.30. The lowest BCUT2D eigenvalue weighted by atomic mass is 9.93. The highest BCUT2D eigenvalue weighted by molar-refractivity contribution is 7.87. The topological polar surface area (TPSA) is 383 Å². The smallest absolute Gasteiger partial charge is 0.326 e. The number of aliphatic hydroxyl groups is 2. The van der Waals surface area contributed by atoms with E-state index < -0.39 is 95.1 Å². The molecule has 378 valence electrons. The maximum atomic E-state index is 14.8. The van der Waals surface area contributed by atoms with Crippen molar-refractivity contribution in [1.29, 1.82) is 0 Å². The molecule has 0 radical (unpaired) electrons. The number of benzene rings is 3. The molecule has 70 heavy (non-hydrogen) atoms. The van der Waals surface area contributed by atoms with Gasteiger partial charge < -0.3 is 67.0 Å². The lowest BCUT2D eigenvalue weighted by Gasteiger charge is -2.33. The van der Waals surface area contributed by atoms with E-state index in [0.717, 1.165) is 11.9 Å². The van der Waals surface area contributed by atoms with E-state index in [0.29, 0.717) is 16.9 Å². The van der Waals surface area contributed by atoms with Gasteiger partial charge in [-0.2, -0.15) is 13.1 Å². The van der Waals surface area contributed by atoms with Crippen molar-refractivity contribution in [3.8, 4) is 45.5 Å². The number of carbonyl (C=O) groups is 5. The number of nitrogens with one attached hydrogen (secondary N) is 4. The van der Waals surface area contributed by atoms with Crippen LogP contribution in [0.4, 0.5) is 0 Å². The number of carboxylic acids is 1. The van der Waals surface area contributed by atoms with Crippen LogP contribution in [0.3, 0.4) is 0 Å². The summed E-state index contributed by atoms with van der Waals surface area (Å²) >= 11 is 0. The van der Waals surface area contributed by atoms with Crippen molar-refractivity contribution in [2.24, 2.45) is 16.6 Å². The van der Waals surface area contributed by atoms with Gasteiger partial charge in [-0.25, -0.2) is 19.9 Å². The maximum Gasteiger partial charge on any atom is 0.326 e. The van der Waals surface area contributed by atoms with Crippen molar-refractivity contribution in [2.45, 2.75) is 76.6 Å². The van der Waals surface area contributed by atoms with Crippen molar-refractivity contribution in [3.05, 3.63) is 83.2 Å². The molecule has 0 saturated carbocycles. The second-order valence-corrected chi connectivity index (χ2v) is 18.0. The molecule has 0 fully saturated rings. The quantitative estimate of drug-likeness (QED) is 0.0522. The monoisotopic (exact) mass is 994 g/mol. The Morgan fingerprint density at radius 3 is 2.16 bits per heavy atom. The highest BCUT2D eigenvalue weighted by Gasteiger charge is 2.37. The molecule has 1 aliphatic rings. The fraction of sp³-hybridized carbons (Fsp3) is 0.400. The molecule has 0 saturated heterocycles. The molecular weight excluding hydrogens is 937 g/mol. The number of phenols is 1. The maximum absolute atomic E-state index is 14.8. The number of hydrogen-bond acceptors (Lipinski definition) is 17. The number of fused-ring (bicyclic) bond motifs is 5. The molecule has 1 aromatic heterocycles. The van der Waals surface area contributed by atoms with Gasteiger partial charge in [0, 0.05) is 56.0 Å². The van der Waals surface area contributed by atoms with Gasteiger partial charge in [-0.3, -0.25) is 19.2 Å². The lowest BCUT2D eigenvalue weighted by molar-refractivity contribution is -0.143. The summed E-state index contributed by atoms with van der Waals surface area (Å²) in [5.41, 5.74) is 12.0. The van der Waals surface area contributed by atoms with Crippen LogP contribution in [-0.2, 0) is 35.8 Å². The van der Waals surface area contributed by atoms with Crippen LogP contribution >= 0.6 is 0 Å². The van der Waals surface area contributed by atoms with Crippen molar-refractivity contribution in [1.82, 2.24) is 35.5 Å². The summed E-state index contributed by atoms with van der Waals surface area (Å²) in [6.07, 6.45) is -1.55. The Bertz CT molecular complexity index is 2670. The zero-order chi connectivity index (χ0) is 51.6. The third-order valence-corrected chi connectivity index (χ3v) is 11.3. The Morgan fingerprint density at radius 1 is 0.929 bits per heavy atom. The molecular formula is C45H58N10O14S. The van der Waals surface area contributed by atoms with E-state index in [1.807, 2.05) is 18.6 Å². The first kappa shape index (κ1) is 53.9.